The number of rotatable bonds is 4. The standard InChI is InChI=1S/C12H20N4/c1-11-2-3-14-12(10-11)15-6-9-16-7-4-13-5-8-16/h2-3,10,13H,4-9H2,1H3,(H,14,15). The quantitative estimate of drug-likeness (QED) is 0.784. The number of aromatic nitrogens is 1. The molecule has 0 radical (unpaired) electrons. The molecule has 4 nitrogen and oxygen atoms in total. The summed E-state index contributed by atoms with van der Waals surface area (Å²) in [5, 5.41) is 6.72. The first kappa shape index (κ1) is 11.4. The van der Waals surface area contributed by atoms with Gasteiger partial charge in [0.05, 0.1) is 0 Å². The molecule has 1 aliphatic heterocycles. The molecular formula is C12H20N4. The van der Waals surface area contributed by atoms with Gasteiger partial charge in [-0.15, -0.1) is 0 Å². The normalized spacial score (nSPS) is 17.3. The van der Waals surface area contributed by atoms with Crippen molar-refractivity contribution in [3.8, 4) is 0 Å². The van der Waals surface area contributed by atoms with Gasteiger partial charge in [0, 0.05) is 45.5 Å². The minimum absolute atomic E-state index is 0.969. The van der Waals surface area contributed by atoms with E-state index in [0.29, 0.717) is 0 Å². The summed E-state index contributed by atoms with van der Waals surface area (Å²) in [7, 11) is 0. The van der Waals surface area contributed by atoms with Crippen LogP contribution in [0.15, 0.2) is 18.3 Å². The first-order valence-corrected chi connectivity index (χ1v) is 5.94. The number of nitrogens with one attached hydrogen (secondary N) is 2. The molecule has 2 heterocycles. The molecule has 1 saturated heterocycles. The Hall–Kier alpha value is -1.13. The predicted octanol–water partition coefficient (Wildman–Crippen LogP) is 0.707. The molecule has 0 atom stereocenters. The van der Waals surface area contributed by atoms with E-state index in [9.17, 15) is 0 Å². The molecule has 0 unspecified atom stereocenters. The van der Waals surface area contributed by atoms with Gasteiger partial charge >= 0.3 is 0 Å². The van der Waals surface area contributed by atoms with Gasteiger partial charge in [0.15, 0.2) is 0 Å². The Kier molecular flexibility index (Phi) is 4.13. The lowest BCUT2D eigenvalue weighted by molar-refractivity contribution is 0.249. The fourth-order valence-electron chi connectivity index (χ4n) is 1.91. The van der Waals surface area contributed by atoms with Gasteiger partial charge in [-0.2, -0.15) is 0 Å². The van der Waals surface area contributed by atoms with Crippen molar-refractivity contribution >= 4 is 5.82 Å². The molecule has 16 heavy (non-hydrogen) atoms. The van der Waals surface area contributed by atoms with E-state index in [1.165, 1.54) is 5.56 Å². The van der Waals surface area contributed by atoms with E-state index >= 15 is 0 Å². The van der Waals surface area contributed by atoms with Crippen LogP contribution in [0.3, 0.4) is 0 Å². The Balaban J connectivity index is 1.71. The van der Waals surface area contributed by atoms with Gasteiger partial charge in [-0.05, 0) is 24.6 Å². The van der Waals surface area contributed by atoms with Crippen molar-refractivity contribution in [2.45, 2.75) is 6.92 Å². The summed E-state index contributed by atoms with van der Waals surface area (Å²) in [4.78, 5) is 6.75. The van der Waals surface area contributed by atoms with E-state index < -0.39 is 0 Å². The van der Waals surface area contributed by atoms with Crippen molar-refractivity contribution in [2.24, 2.45) is 0 Å². The zero-order chi connectivity index (χ0) is 11.2. The summed E-state index contributed by atoms with van der Waals surface area (Å²) in [6.45, 7) is 8.69. The third-order valence-electron chi connectivity index (χ3n) is 2.86. The second kappa shape index (κ2) is 5.82. The maximum Gasteiger partial charge on any atom is 0.126 e. The molecule has 0 bridgehead atoms. The number of hydrogen-bond donors (Lipinski definition) is 2. The van der Waals surface area contributed by atoms with E-state index in [2.05, 4.69) is 33.5 Å². The van der Waals surface area contributed by atoms with Crippen molar-refractivity contribution in [1.29, 1.82) is 0 Å². The Labute approximate surface area is 97.1 Å². The molecule has 4 heteroatoms. The van der Waals surface area contributed by atoms with E-state index in [4.69, 9.17) is 0 Å². The maximum absolute atomic E-state index is 4.28. The van der Waals surface area contributed by atoms with Crippen molar-refractivity contribution in [3.05, 3.63) is 23.9 Å². The number of pyridine rings is 1. The lowest BCUT2D eigenvalue weighted by Gasteiger charge is -2.27. The van der Waals surface area contributed by atoms with E-state index in [1.807, 2.05) is 12.3 Å². The van der Waals surface area contributed by atoms with Crippen LogP contribution in [0.5, 0.6) is 0 Å². The van der Waals surface area contributed by atoms with Gasteiger partial charge < -0.3 is 10.6 Å². The summed E-state index contributed by atoms with van der Waals surface area (Å²) in [5.41, 5.74) is 1.25. The second-order valence-electron chi connectivity index (χ2n) is 4.24. The number of nitrogens with zero attached hydrogens (tertiary/aromatic N) is 2. The van der Waals surface area contributed by atoms with E-state index in [0.717, 1.165) is 45.1 Å². The Bertz CT molecular complexity index is 321. The van der Waals surface area contributed by atoms with Crippen LogP contribution >= 0.6 is 0 Å². The topological polar surface area (TPSA) is 40.2 Å². The molecule has 1 aliphatic rings. The van der Waals surface area contributed by atoms with Crippen molar-refractivity contribution < 1.29 is 0 Å². The minimum Gasteiger partial charge on any atom is -0.369 e. The lowest BCUT2D eigenvalue weighted by atomic mass is 10.3. The third kappa shape index (κ3) is 3.47. The molecule has 0 saturated carbocycles. The number of piperazine rings is 1. The SMILES string of the molecule is Cc1ccnc(NCCN2CCNCC2)c1. The van der Waals surface area contributed by atoms with Crippen LogP contribution in [0.25, 0.3) is 0 Å². The molecule has 0 amide bonds. The first-order chi connectivity index (χ1) is 7.84. The van der Waals surface area contributed by atoms with Crippen LogP contribution < -0.4 is 10.6 Å². The highest BCUT2D eigenvalue weighted by molar-refractivity contribution is 5.36. The van der Waals surface area contributed by atoms with Crippen molar-refractivity contribution in [3.63, 3.8) is 0 Å². The molecule has 0 aromatic carbocycles. The minimum atomic E-state index is 0.969. The highest BCUT2D eigenvalue weighted by atomic mass is 15.2. The van der Waals surface area contributed by atoms with Crippen LogP contribution in [-0.2, 0) is 0 Å². The second-order valence-corrected chi connectivity index (χ2v) is 4.24. The fraction of sp³-hybridized carbons (Fsp3) is 0.583. The third-order valence-corrected chi connectivity index (χ3v) is 2.86. The number of anilines is 1. The first-order valence-electron chi connectivity index (χ1n) is 5.94. The van der Waals surface area contributed by atoms with Crippen molar-refractivity contribution in [1.82, 2.24) is 15.2 Å². The molecule has 1 aromatic rings. The highest BCUT2D eigenvalue weighted by Gasteiger charge is 2.08. The Morgan fingerprint density at radius 1 is 1.44 bits per heavy atom. The maximum atomic E-state index is 4.28. The van der Waals surface area contributed by atoms with Crippen LogP contribution in [0.2, 0.25) is 0 Å². The summed E-state index contributed by atoms with van der Waals surface area (Å²) in [6, 6.07) is 4.10. The van der Waals surface area contributed by atoms with Crippen LogP contribution in [0.1, 0.15) is 5.56 Å². The number of hydrogen-bond acceptors (Lipinski definition) is 4. The monoisotopic (exact) mass is 220 g/mol. The highest BCUT2D eigenvalue weighted by Crippen LogP contribution is 2.04. The largest absolute Gasteiger partial charge is 0.369 e. The van der Waals surface area contributed by atoms with Crippen LogP contribution in [0.4, 0.5) is 5.82 Å². The van der Waals surface area contributed by atoms with Crippen molar-refractivity contribution in [2.75, 3.05) is 44.6 Å². The smallest absolute Gasteiger partial charge is 0.126 e. The molecule has 2 rings (SSSR count). The van der Waals surface area contributed by atoms with Gasteiger partial charge in [-0.3, -0.25) is 4.90 Å². The molecule has 1 aromatic heterocycles. The zero-order valence-corrected chi connectivity index (χ0v) is 9.87. The zero-order valence-electron chi connectivity index (χ0n) is 9.87. The average Bonchev–Trinajstić information content (AvgIpc) is 2.30. The summed E-state index contributed by atoms with van der Waals surface area (Å²) in [5.74, 6) is 0.982. The van der Waals surface area contributed by atoms with Gasteiger partial charge in [-0.1, -0.05) is 0 Å². The predicted molar refractivity (Wildman–Crippen MR) is 66.8 cm³/mol. The van der Waals surface area contributed by atoms with E-state index in [-0.39, 0.29) is 0 Å². The van der Waals surface area contributed by atoms with Crippen LogP contribution in [0, 0.1) is 6.92 Å². The van der Waals surface area contributed by atoms with Gasteiger partial charge in [0.2, 0.25) is 0 Å². The summed E-state index contributed by atoms with van der Waals surface area (Å²) >= 11 is 0. The van der Waals surface area contributed by atoms with E-state index in [1.54, 1.807) is 0 Å². The fourth-order valence-corrected chi connectivity index (χ4v) is 1.91. The molecule has 0 spiro atoms. The lowest BCUT2D eigenvalue weighted by Crippen LogP contribution is -2.45. The van der Waals surface area contributed by atoms with Gasteiger partial charge in [-0.25, -0.2) is 4.98 Å². The molecule has 0 aliphatic carbocycles. The summed E-state index contributed by atoms with van der Waals surface area (Å²) < 4.78 is 0. The molecule has 1 fully saturated rings. The van der Waals surface area contributed by atoms with Crippen LogP contribution in [-0.4, -0.2) is 49.2 Å². The van der Waals surface area contributed by atoms with Gasteiger partial charge in [0.25, 0.3) is 0 Å². The summed E-state index contributed by atoms with van der Waals surface area (Å²) in [6.07, 6.45) is 1.85. The molecular weight excluding hydrogens is 200 g/mol. The molecule has 2 N–H and O–H groups in total. The average molecular weight is 220 g/mol. The Morgan fingerprint density at radius 3 is 3.00 bits per heavy atom. The Morgan fingerprint density at radius 2 is 2.25 bits per heavy atom. The van der Waals surface area contributed by atoms with Gasteiger partial charge in [0.1, 0.15) is 5.82 Å². The molecule has 88 valence electrons. The number of aryl methyl sites for hydroxylation is 1.